The summed E-state index contributed by atoms with van der Waals surface area (Å²) >= 11 is 1.86. The summed E-state index contributed by atoms with van der Waals surface area (Å²) in [6.45, 7) is 7.67. The normalized spacial score (nSPS) is 19.6. The van der Waals surface area contributed by atoms with Crippen LogP contribution in [-0.4, -0.2) is 36.1 Å². The number of rotatable bonds is 4. The second kappa shape index (κ2) is 6.01. The number of piperazine rings is 1. The maximum atomic E-state index is 4.82. The Morgan fingerprint density at radius 3 is 2.73 bits per heavy atom. The fourth-order valence-electron chi connectivity index (χ4n) is 3.13. The molecule has 2 heterocycles. The van der Waals surface area contributed by atoms with Crippen molar-refractivity contribution in [2.24, 2.45) is 0 Å². The molecule has 2 aromatic rings. The minimum atomic E-state index is 0.789. The van der Waals surface area contributed by atoms with E-state index < -0.39 is 0 Å². The number of thiazole rings is 1. The molecule has 2 fully saturated rings. The van der Waals surface area contributed by atoms with Gasteiger partial charge in [-0.3, -0.25) is 4.90 Å². The molecule has 116 valence electrons. The fraction of sp³-hybridized carbons (Fsp3) is 0.500. The number of hydrogen-bond donors (Lipinski definition) is 0. The standard InChI is InChI=1S/C18H23N3S/c1-14-3-2-4-17(11-14)21-9-7-20(8-10-21)12-16-13-22-18(19-16)15-5-6-15/h2-4,11,13,15H,5-10,12H2,1H3. The Morgan fingerprint density at radius 2 is 2.00 bits per heavy atom. The van der Waals surface area contributed by atoms with Crippen LogP contribution in [0.25, 0.3) is 0 Å². The zero-order valence-electron chi connectivity index (χ0n) is 13.2. The Hall–Kier alpha value is -1.39. The molecule has 1 aromatic heterocycles. The van der Waals surface area contributed by atoms with Crippen LogP contribution in [0.5, 0.6) is 0 Å². The summed E-state index contributed by atoms with van der Waals surface area (Å²) in [5, 5.41) is 3.63. The van der Waals surface area contributed by atoms with Gasteiger partial charge >= 0.3 is 0 Å². The minimum Gasteiger partial charge on any atom is -0.369 e. The van der Waals surface area contributed by atoms with Gasteiger partial charge in [0.2, 0.25) is 0 Å². The molecule has 3 nitrogen and oxygen atoms in total. The van der Waals surface area contributed by atoms with E-state index in [2.05, 4.69) is 46.4 Å². The molecule has 0 atom stereocenters. The molecule has 22 heavy (non-hydrogen) atoms. The number of benzene rings is 1. The number of nitrogens with zero attached hydrogens (tertiary/aromatic N) is 3. The van der Waals surface area contributed by atoms with Crippen LogP contribution in [0.1, 0.15) is 35.0 Å². The Kier molecular flexibility index (Phi) is 3.89. The SMILES string of the molecule is Cc1cccc(N2CCN(Cc3csc(C4CC4)n3)CC2)c1. The predicted molar refractivity (Wildman–Crippen MR) is 92.8 cm³/mol. The first kappa shape index (κ1) is 14.2. The molecule has 1 aliphatic heterocycles. The van der Waals surface area contributed by atoms with Gasteiger partial charge in [-0.2, -0.15) is 0 Å². The number of anilines is 1. The Balaban J connectivity index is 1.33. The van der Waals surface area contributed by atoms with Gasteiger partial charge in [0.1, 0.15) is 0 Å². The molecule has 0 N–H and O–H groups in total. The average molecular weight is 313 g/mol. The highest BCUT2D eigenvalue weighted by atomic mass is 32.1. The van der Waals surface area contributed by atoms with Crippen molar-refractivity contribution in [3.63, 3.8) is 0 Å². The van der Waals surface area contributed by atoms with E-state index in [9.17, 15) is 0 Å². The Labute approximate surface area is 136 Å². The van der Waals surface area contributed by atoms with Crippen LogP contribution < -0.4 is 4.90 Å². The van der Waals surface area contributed by atoms with Crippen LogP contribution in [0, 0.1) is 6.92 Å². The quantitative estimate of drug-likeness (QED) is 0.859. The van der Waals surface area contributed by atoms with E-state index in [1.54, 1.807) is 0 Å². The highest BCUT2D eigenvalue weighted by Gasteiger charge is 2.27. The van der Waals surface area contributed by atoms with E-state index in [4.69, 9.17) is 4.98 Å². The van der Waals surface area contributed by atoms with E-state index in [0.29, 0.717) is 0 Å². The zero-order chi connectivity index (χ0) is 14.9. The van der Waals surface area contributed by atoms with Crippen LogP contribution in [0.4, 0.5) is 5.69 Å². The summed E-state index contributed by atoms with van der Waals surface area (Å²) in [5.74, 6) is 0.789. The van der Waals surface area contributed by atoms with Crippen molar-refractivity contribution < 1.29 is 0 Å². The van der Waals surface area contributed by atoms with Crippen LogP contribution in [0.3, 0.4) is 0 Å². The van der Waals surface area contributed by atoms with Gasteiger partial charge in [0.25, 0.3) is 0 Å². The fourth-order valence-corrected chi connectivity index (χ4v) is 4.11. The molecule has 1 aromatic carbocycles. The van der Waals surface area contributed by atoms with Crippen molar-refractivity contribution >= 4 is 17.0 Å². The highest BCUT2D eigenvalue weighted by molar-refractivity contribution is 7.09. The lowest BCUT2D eigenvalue weighted by Crippen LogP contribution is -2.46. The number of aromatic nitrogens is 1. The smallest absolute Gasteiger partial charge is 0.0959 e. The van der Waals surface area contributed by atoms with Gasteiger partial charge in [0, 0.05) is 49.7 Å². The third kappa shape index (κ3) is 3.18. The first-order valence-corrected chi connectivity index (χ1v) is 9.14. The van der Waals surface area contributed by atoms with Gasteiger partial charge in [0.05, 0.1) is 10.7 Å². The van der Waals surface area contributed by atoms with Crippen LogP contribution in [0.2, 0.25) is 0 Å². The molecule has 4 heteroatoms. The van der Waals surface area contributed by atoms with Crippen molar-refractivity contribution in [3.05, 3.63) is 45.9 Å². The van der Waals surface area contributed by atoms with Gasteiger partial charge in [-0.15, -0.1) is 11.3 Å². The third-order valence-electron chi connectivity index (χ3n) is 4.62. The largest absolute Gasteiger partial charge is 0.369 e. The molecule has 0 spiro atoms. The van der Waals surface area contributed by atoms with Crippen LogP contribution >= 0.6 is 11.3 Å². The van der Waals surface area contributed by atoms with Gasteiger partial charge in [0.15, 0.2) is 0 Å². The first-order chi connectivity index (χ1) is 10.8. The Morgan fingerprint density at radius 1 is 1.18 bits per heavy atom. The molecular formula is C18H23N3S. The molecule has 0 bridgehead atoms. The highest BCUT2D eigenvalue weighted by Crippen LogP contribution is 2.41. The lowest BCUT2D eigenvalue weighted by Gasteiger charge is -2.35. The molecule has 4 rings (SSSR count). The molecular weight excluding hydrogens is 290 g/mol. The number of aryl methyl sites for hydroxylation is 1. The predicted octanol–water partition coefficient (Wildman–Crippen LogP) is 3.65. The maximum Gasteiger partial charge on any atom is 0.0959 e. The van der Waals surface area contributed by atoms with Crippen molar-refractivity contribution in [3.8, 4) is 0 Å². The minimum absolute atomic E-state index is 0.789. The second-order valence-electron chi connectivity index (χ2n) is 6.55. The molecule has 0 radical (unpaired) electrons. The van der Waals surface area contributed by atoms with Gasteiger partial charge in [-0.1, -0.05) is 12.1 Å². The second-order valence-corrected chi connectivity index (χ2v) is 7.44. The monoisotopic (exact) mass is 313 g/mol. The molecule has 1 aliphatic carbocycles. The topological polar surface area (TPSA) is 19.4 Å². The molecule has 1 saturated carbocycles. The summed E-state index contributed by atoms with van der Waals surface area (Å²) in [4.78, 5) is 9.86. The first-order valence-electron chi connectivity index (χ1n) is 8.26. The lowest BCUT2D eigenvalue weighted by molar-refractivity contribution is 0.247. The zero-order valence-corrected chi connectivity index (χ0v) is 14.0. The van der Waals surface area contributed by atoms with Crippen molar-refractivity contribution in [2.45, 2.75) is 32.2 Å². The molecule has 1 saturated heterocycles. The van der Waals surface area contributed by atoms with Gasteiger partial charge < -0.3 is 4.90 Å². The van der Waals surface area contributed by atoms with E-state index in [1.165, 1.54) is 34.8 Å². The van der Waals surface area contributed by atoms with Crippen molar-refractivity contribution in [2.75, 3.05) is 31.1 Å². The van der Waals surface area contributed by atoms with Crippen LogP contribution in [-0.2, 0) is 6.54 Å². The summed E-state index contributed by atoms with van der Waals surface area (Å²) in [6, 6.07) is 8.84. The van der Waals surface area contributed by atoms with E-state index in [0.717, 1.165) is 38.6 Å². The number of hydrogen-bond acceptors (Lipinski definition) is 4. The summed E-state index contributed by atoms with van der Waals surface area (Å²) in [6.07, 6.45) is 2.70. The maximum absolute atomic E-state index is 4.82. The van der Waals surface area contributed by atoms with Crippen molar-refractivity contribution in [1.82, 2.24) is 9.88 Å². The van der Waals surface area contributed by atoms with E-state index in [-0.39, 0.29) is 0 Å². The Bertz CT molecular complexity index is 639. The summed E-state index contributed by atoms with van der Waals surface area (Å²) in [5.41, 5.74) is 3.98. The average Bonchev–Trinajstić information content (AvgIpc) is 3.28. The van der Waals surface area contributed by atoms with Crippen molar-refractivity contribution in [1.29, 1.82) is 0 Å². The molecule has 0 amide bonds. The van der Waals surface area contributed by atoms with Gasteiger partial charge in [-0.05, 0) is 37.5 Å². The van der Waals surface area contributed by atoms with Crippen LogP contribution in [0.15, 0.2) is 29.6 Å². The third-order valence-corrected chi connectivity index (χ3v) is 5.68. The lowest BCUT2D eigenvalue weighted by atomic mass is 10.2. The van der Waals surface area contributed by atoms with E-state index in [1.807, 2.05) is 11.3 Å². The van der Waals surface area contributed by atoms with Gasteiger partial charge in [-0.25, -0.2) is 4.98 Å². The molecule has 2 aliphatic rings. The van der Waals surface area contributed by atoms with E-state index >= 15 is 0 Å². The summed E-state index contributed by atoms with van der Waals surface area (Å²) in [7, 11) is 0. The molecule has 0 unspecified atom stereocenters. The summed E-state index contributed by atoms with van der Waals surface area (Å²) < 4.78 is 0.